The maximum atomic E-state index is 11.1. The van der Waals surface area contributed by atoms with Crippen molar-refractivity contribution in [1.82, 2.24) is 0 Å². The maximum Gasteiger partial charge on any atom is 0.330 e. The number of esters is 1. The molecule has 0 aromatic carbocycles. The van der Waals surface area contributed by atoms with Gasteiger partial charge < -0.3 is 9.84 Å². The molecule has 0 radical (unpaired) electrons. The summed E-state index contributed by atoms with van der Waals surface area (Å²) in [5.74, 6) is 3.97. The number of hydrogen-bond donors (Lipinski definition) is 1. The summed E-state index contributed by atoms with van der Waals surface area (Å²) in [5, 5.41) is 9.31. The highest BCUT2D eigenvalue weighted by Gasteiger charge is 2.55. The normalized spacial score (nSPS) is 44.9. The van der Waals surface area contributed by atoms with Gasteiger partial charge in [0, 0.05) is 12.7 Å². The van der Waals surface area contributed by atoms with E-state index in [1.165, 1.54) is 31.8 Å². The van der Waals surface area contributed by atoms with Crippen molar-refractivity contribution in [3.05, 3.63) is 12.7 Å². The predicted molar refractivity (Wildman–Crippen MR) is 67.6 cm³/mol. The zero-order chi connectivity index (χ0) is 12.7. The van der Waals surface area contributed by atoms with Crippen LogP contribution in [-0.2, 0) is 9.53 Å². The summed E-state index contributed by atoms with van der Waals surface area (Å²) in [7, 11) is 0. The molecule has 0 amide bonds. The first-order valence-electron chi connectivity index (χ1n) is 7.13. The van der Waals surface area contributed by atoms with Gasteiger partial charge in [-0.25, -0.2) is 4.79 Å². The number of ether oxygens (including phenoxy) is 1. The third-order valence-electron chi connectivity index (χ3n) is 5.57. The topological polar surface area (TPSA) is 46.5 Å². The largest absolute Gasteiger partial charge is 0.462 e. The van der Waals surface area contributed by atoms with E-state index in [-0.39, 0.29) is 5.97 Å². The Hall–Kier alpha value is -0.830. The van der Waals surface area contributed by atoms with Gasteiger partial charge in [-0.2, -0.15) is 0 Å². The predicted octanol–water partition coefficient (Wildman–Crippen LogP) is 2.01. The minimum atomic E-state index is -0.297. The van der Waals surface area contributed by atoms with Crippen molar-refractivity contribution in [2.75, 3.05) is 13.2 Å². The van der Waals surface area contributed by atoms with Crippen molar-refractivity contribution in [2.45, 2.75) is 25.7 Å². The van der Waals surface area contributed by atoms with E-state index < -0.39 is 0 Å². The van der Waals surface area contributed by atoms with Gasteiger partial charge in [0.2, 0.25) is 0 Å². The minimum absolute atomic E-state index is 0.297. The first kappa shape index (κ1) is 12.2. The molecule has 18 heavy (non-hydrogen) atoms. The third-order valence-corrected chi connectivity index (χ3v) is 5.57. The summed E-state index contributed by atoms with van der Waals surface area (Å²) in [6, 6.07) is 0. The molecule has 3 heteroatoms. The van der Waals surface area contributed by atoms with Crippen LogP contribution in [0.3, 0.4) is 0 Å². The van der Waals surface area contributed by atoms with Crippen LogP contribution in [0.5, 0.6) is 0 Å². The molecule has 0 aromatic heterocycles. The molecular formula is C15H22O3. The van der Waals surface area contributed by atoms with Crippen molar-refractivity contribution >= 4 is 5.97 Å². The van der Waals surface area contributed by atoms with E-state index in [2.05, 4.69) is 6.58 Å². The molecule has 6 atom stereocenters. The Labute approximate surface area is 108 Å². The summed E-state index contributed by atoms with van der Waals surface area (Å²) in [6.45, 7) is 4.34. The fourth-order valence-corrected chi connectivity index (χ4v) is 4.91. The van der Waals surface area contributed by atoms with E-state index in [0.717, 1.165) is 23.7 Å². The monoisotopic (exact) mass is 250 g/mol. The van der Waals surface area contributed by atoms with E-state index in [1.54, 1.807) is 0 Å². The lowest BCUT2D eigenvalue weighted by Crippen LogP contribution is -2.28. The zero-order valence-electron chi connectivity index (χ0n) is 10.8. The Bertz CT molecular complexity index is 352. The molecule has 0 aliphatic heterocycles. The van der Waals surface area contributed by atoms with Gasteiger partial charge in [0.25, 0.3) is 0 Å². The van der Waals surface area contributed by atoms with Crippen LogP contribution in [-0.4, -0.2) is 24.3 Å². The van der Waals surface area contributed by atoms with Crippen LogP contribution in [0.15, 0.2) is 12.7 Å². The van der Waals surface area contributed by atoms with E-state index >= 15 is 0 Å². The van der Waals surface area contributed by atoms with Crippen molar-refractivity contribution in [1.29, 1.82) is 0 Å². The summed E-state index contributed by atoms with van der Waals surface area (Å²) in [6.07, 6.45) is 6.20. The second-order valence-corrected chi connectivity index (χ2v) is 6.34. The number of fused-ring (bicyclic) bond motifs is 5. The molecule has 0 saturated heterocycles. The first-order chi connectivity index (χ1) is 8.72. The van der Waals surface area contributed by atoms with Gasteiger partial charge >= 0.3 is 5.97 Å². The summed E-state index contributed by atoms with van der Waals surface area (Å²) in [5.41, 5.74) is 0. The lowest BCUT2D eigenvalue weighted by atomic mass is 9.76. The lowest BCUT2D eigenvalue weighted by Gasteiger charge is -2.31. The summed E-state index contributed by atoms with van der Waals surface area (Å²) in [4.78, 5) is 11.1. The van der Waals surface area contributed by atoms with Crippen molar-refractivity contribution < 1.29 is 14.6 Å². The van der Waals surface area contributed by atoms with Gasteiger partial charge in [-0.05, 0) is 61.2 Å². The maximum absolute atomic E-state index is 11.1. The van der Waals surface area contributed by atoms with E-state index in [1.807, 2.05) is 0 Å². The molecule has 0 heterocycles. The smallest absolute Gasteiger partial charge is 0.330 e. The second kappa shape index (κ2) is 4.69. The number of carbonyl (C=O) groups excluding carboxylic acids is 1. The van der Waals surface area contributed by atoms with Gasteiger partial charge in [-0.3, -0.25) is 0 Å². The zero-order valence-corrected chi connectivity index (χ0v) is 10.8. The van der Waals surface area contributed by atoms with E-state index in [4.69, 9.17) is 4.74 Å². The molecule has 0 spiro atoms. The summed E-state index contributed by atoms with van der Waals surface area (Å²) >= 11 is 0. The molecular weight excluding hydrogens is 228 g/mol. The standard InChI is InChI=1S/C15H22O3/c1-2-15(17)18-8-11-5-10-6-13(11)14-4-9(7-16)3-12(10)14/h2,9-14,16H,1,3-8H2. The van der Waals surface area contributed by atoms with Crippen LogP contribution in [0.4, 0.5) is 0 Å². The Morgan fingerprint density at radius 2 is 2.00 bits per heavy atom. The van der Waals surface area contributed by atoms with Gasteiger partial charge in [0.05, 0.1) is 6.61 Å². The van der Waals surface area contributed by atoms with Gasteiger partial charge in [0.1, 0.15) is 0 Å². The number of carbonyl (C=O) groups is 1. The van der Waals surface area contributed by atoms with Crippen LogP contribution < -0.4 is 0 Å². The first-order valence-corrected chi connectivity index (χ1v) is 7.13. The highest BCUT2D eigenvalue weighted by atomic mass is 16.5. The number of rotatable bonds is 4. The van der Waals surface area contributed by atoms with E-state index in [9.17, 15) is 9.90 Å². The van der Waals surface area contributed by atoms with Gasteiger partial charge in [-0.15, -0.1) is 0 Å². The van der Waals surface area contributed by atoms with Crippen LogP contribution in [0, 0.1) is 35.5 Å². The fraction of sp³-hybridized carbons (Fsp3) is 0.800. The molecule has 3 nitrogen and oxygen atoms in total. The van der Waals surface area contributed by atoms with Crippen molar-refractivity contribution in [3.63, 3.8) is 0 Å². The Morgan fingerprint density at radius 3 is 2.72 bits per heavy atom. The molecule has 3 saturated carbocycles. The second-order valence-electron chi connectivity index (χ2n) is 6.34. The van der Waals surface area contributed by atoms with Gasteiger partial charge in [-0.1, -0.05) is 6.58 Å². The summed E-state index contributed by atoms with van der Waals surface area (Å²) < 4.78 is 5.22. The molecule has 0 aromatic rings. The third kappa shape index (κ3) is 1.89. The van der Waals surface area contributed by atoms with Crippen LogP contribution in [0.2, 0.25) is 0 Å². The van der Waals surface area contributed by atoms with Gasteiger partial charge in [0.15, 0.2) is 0 Å². The number of aliphatic hydroxyl groups excluding tert-OH is 1. The average Bonchev–Trinajstić information content (AvgIpc) is 3.05. The molecule has 100 valence electrons. The molecule has 6 unspecified atom stereocenters. The lowest BCUT2D eigenvalue weighted by molar-refractivity contribution is -0.139. The molecule has 3 fully saturated rings. The Balaban J connectivity index is 1.59. The van der Waals surface area contributed by atoms with Crippen LogP contribution in [0.25, 0.3) is 0 Å². The number of aliphatic hydroxyl groups is 1. The highest BCUT2D eigenvalue weighted by Crippen LogP contribution is 2.62. The van der Waals surface area contributed by atoms with Crippen molar-refractivity contribution in [2.24, 2.45) is 35.5 Å². The molecule has 3 aliphatic carbocycles. The quantitative estimate of drug-likeness (QED) is 0.613. The fourth-order valence-electron chi connectivity index (χ4n) is 4.91. The molecule has 3 aliphatic rings. The van der Waals surface area contributed by atoms with E-state index in [0.29, 0.717) is 25.0 Å². The molecule has 1 N–H and O–H groups in total. The Kier molecular flexibility index (Phi) is 3.18. The Morgan fingerprint density at radius 1 is 1.22 bits per heavy atom. The average molecular weight is 250 g/mol. The SMILES string of the molecule is C=CC(=O)OCC1CC2CC1C1CC(CO)CC21. The molecule has 3 rings (SSSR count). The number of hydrogen-bond acceptors (Lipinski definition) is 3. The van der Waals surface area contributed by atoms with Crippen molar-refractivity contribution in [3.8, 4) is 0 Å². The minimum Gasteiger partial charge on any atom is -0.462 e. The van der Waals surface area contributed by atoms with Crippen LogP contribution >= 0.6 is 0 Å². The highest BCUT2D eigenvalue weighted by molar-refractivity contribution is 5.81. The van der Waals surface area contributed by atoms with Crippen LogP contribution in [0.1, 0.15) is 25.7 Å². The molecule has 2 bridgehead atoms.